The lowest BCUT2D eigenvalue weighted by atomic mass is 10.1. The summed E-state index contributed by atoms with van der Waals surface area (Å²) >= 11 is 0. The molecular weight excluding hydrogens is 354 g/mol. The molecule has 0 spiro atoms. The van der Waals surface area contributed by atoms with Gasteiger partial charge in [-0.1, -0.05) is 30.3 Å². The number of aromatic nitrogens is 3. The van der Waals surface area contributed by atoms with Crippen LogP contribution in [0.25, 0.3) is 22.4 Å². The second kappa shape index (κ2) is 7.31. The second-order valence-electron chi connectivity index (χ2n) is 6.77. The van der Waals surface area contributed by atoms with Crippen LogP contribution in [0.4, 0.5) is 0 Å². The molecular formula is C22H21N3O3. The normalized spacial score (nSPS) is 11.1. The van der Waals surface area contributed by atoms with Gasteiger partial charge in [0, 0.05) is 28.7 Å². The fraction of sp³-hybridized carbons (Fsp3) is 0.227. The Bertz CT molecular complexity index is 1140. The van der Waals surface area contributed by atoms with Crippen LogP contribution >= 0.6 is 0 Å². The van der Waals surface area contributed by atoms with E-state index in [4.69, 9.17) is 4.42 Å². The molecule has 4 aromatic rings. The Kier molecular flexibility index (Phi) is 4.69. The maximum atomic E-state index is 11.4. The second-order valence-corrected chi connectivity index (χ2v) is 6.77. The number of aryl methyl sites for hydroxylation is 1. The number of fused-ring (bicyclic) bond motifs is 1. The van der Waals surface area contributed by atoms with Crippen LogP contribution in [-0.4, -0.2) is 27.8 Å². The van der Waals surface area contributed by atoms with Gasteiger partial charge in [0.05, 0.1) is 7.11 Å². The average Bonchev–Trinajstić information content (AvgIpc) is 3.27. The fourth-order valence-electron chi connectivity index (χ4n) is 3.39. The van der Waals surface area contributed by atoms with Crippen molar-refractivity contribution in [2.24, 2.45) is 0 Å². The van der Waals surface area contributed by atoms with Crippen molar-refractivity contribution in [3.63, 3.8) is 0 Å². The maximum Gasteiger partial charge on any atom is 0.315 e. The van der Waals surface area contributed by atoms with Crippen molar-refractivity contribution in [1.29, 1.82) is 0 Å². The highest BCUT2D eigenvalue weighted by Crippen LogP contribution is 2.30. The highest BCUT2D eigenvalue weighted by Gasteiger charge is 2.16. The summed E-state index contributed by atoms with van der Waals surface area (Å²) in [6, 6.07) is 16.5. The Morgan fingerprint density at radius 1 is 1.11 bits per heavy atom. The van der Waals surface area contributed by atoms with Gasteiger partial charge < -0.3 is 13.7 Å². The van der Waals surface area contributed by atoms with Crippen LogP contribution in [-0.2, 0) is 22.5 Å². The van der Waals surface area contributed by atoms with E-state index in [1.54, 1.807) is 0 Å². The lowest BCUT2D eigenvalue weighted by Crippen LogP contribution is -2.04. The minimum absolute atomic E-state index is 0.0304. The molecule has 6 nitrogen and oxygen atoms in total. The number of carbonyl (C=O) groups excluding carboxylic acids is 1. The Labute approximate surface area is 162 Å². The molecule has 0 unspecified atom stereocenters. The van der Waals surface area contributed by atoms with E-state index in [1.807, 2.05) is 12.1 Å². The number of hydrogen-bond donors (Lipinski definition) is 0. The molecule has 4 rings (SSSR count). The van der Waals surface area contributed by atoms with Gasteiger partial charge in [0.15, 0.2) is 0 Å². The van der Waals surface area contributed by atoms with E-state index < -0.39 is 5.97 Å². The summed E-state index contributed by atoms with van der Waals surface area (Å²) in [7, 11) is 1.33. The van der Waals surface area contributed by atoms with E-state index in [-0.39, 0.29) is 12.3 Å². The summed E-state index contributed by atoms with van der Waals surface area (Å²) in [5, 5.41) is 9.17. The van der Waals surface area contributed by atoms with Crippen LogP contribution < -0.4 is 0 Å². The molecule has 0 aliphatic heterocycles. The third kappa shape index (κ3) is 3.29. The Hall–Kier alpha value is -3.41. The van der Waals surface area contributed by atoms with Gasteiger partial charge in [-0.05, 0) is 43.2 Å². The highest BCUT2D eigenvalue weighted by molar-refractivity contribution is 5.88. The number of benzene rings is 2. The molecule has 0 amide bonds. The molecule has 0 saturated carbocycles. The molecule has 0 atom stereocenters. The molecule has 0 aliphatic rings. The van der Waals surface area contributed by atoms with Crippen molar-refractivity contribution in [3.05, 3.63) is 71.2 Å². The quantitative estimate of drug-likeness (QED) is 0.492. The summed E-state index contributed by atoms with van der Waals surface area (Å²) in [6.45, 7) is 5.08. The highest BCUT2D eigenvalue weighted by atomic mass is 16.5. The van der Waals surface area contributed by atoms with Crippen LogP contribution in [0.15, 0.2) is 52.9 Å². The van der Waals surface area contributed by atoms with Crippen molar-refractivity contribution in [2.45, 2.75) is 26.8 Å². The summed E-state index contributed by atoms with van der Waals surface area (Å²) in [5.41, 5.74) is 5.71. The first-order chi connectivity index (χ1) is 13.6. The largest absolute Gasteiger partial charge is 0.469 e. The molecule has 2 aromatic carbocycles. The van der Waals surface area contributed by atoms with Gasteiger partial charge in [-0.15, -0.1) is 10.2 Å². The first kappa shape index (κ1) is 18.0. The SMILES string of the molecule is COC(=O)Cc1nnc(-c2ccc3c(c2)c(C)c(C)n3Cc2ccccc2)o1. The molecule has 2 aromatic heterocycles. The number of nitrogens with zero attached hydrogens (tertiary/aromatic N) is 3. The predicted octanol–water partition coefficient (Wildman–Crippen LogP) is 4.07. The Morgan fingerprint density at radius 2 is 1.89 bits per heavy atom. The van der Waals surface area contributed by atoms with E-state index in [0.29, 0.717) is 5.89 Å². The number of carbonyl (C=O) groups is 1. The molecule has 0 fully saturated rings. The minimum Gasteiger partial charge on any atom is -0.469 e. The van der Waals surface area contributed by atoms with Gasteiger partial charge in [-0.25, -0.2) is 0 Å². The van der Waals surface area contributed by atoms with Crippen LogP contribution in [0.5, 0.6) is 0 Å². The molecule has 0 radical (unpaired) electrons. The van der Waals surface area contributed by atoms with Gasteiger partial charge in [-0.2, -0.15) is 0 Å². The smallest absolute Gasteiger partial charge is 0.315 e. The number of rotatable bonds is 5. The van der Waals surface area contributed by atoms with Gasteiger partial charge in [0.25, 0.3) is 0 Å². The lowest BCUT2D eigenvalue weighted by Gasteiger charge is -2.09. The molecule has 2 heterocycles. The number of methoxy groups -OCH3 is 1. The number of hydrogen-bond acceptors (Lipinski definition) is 5. The van der Waals surface area contributed by atoms with E-state index in [2.05, 4.69) is 69.7 Å². The van der Waals surface area contributed by atoms with E-state index in [1.165, 1.54) is 23.9 Å². The van der Waals surface area contributed by atoms with Crippen LogP contribution in [0.2, 0.25) is 0 Å². The van der Waals surface area contributed by atoms with Crippen LogP contribution in [0, 0.1) is 13.8 Å². The zero-order chi connectivity index (χ0) is 19.7. The first-order valence-electron chi connectivity index (χ1n) is 9.09. The molecule has 0 bridgehead atoms. The Morgan fingerprint density at radius 3 is 2.64 bits per heavy atom. The minimum atomic E-state index is -0.407. The number of esters is 1. The van der Waals surface area contributed by atoms with Crippen molar-refractivity contribution in [2.75, 3.05) is 7.11 Å². The standard InChI is InChI=1S/C22H21N3O3/c1-14-15(2)25(13-16-7-5-4-6-8-16)19-10-9-17(11-18(14)19)22-24-23-20(28-22)12-21(26)27-3/h4-11H,12-13H2,1-3H3. The topological polar surface area (TPSA) is 70.2 Å². The summed E-state index contributed by atoms with van der Waals surface area (Å²) in [6.07, 6.45) is -0.0304. The Balaban J connectivity index is 1.70. The van der Waals surface area contributed by atoms with Crippen molar-refractivity contribution < 1.29 is 13.9 Å². The monoisotopic (exact) mass is 375 g/mol. The van der Waals surface area contributed by atoms with Crippen molar-refractivity contribution in [3.8, 4) is 11.5 Å². The molecule has 28 heavy (non-hydrogen) atoms. The molecule has 0 aliphatic carbocycles. The van der Waals surface area contributed by atoms with E-state index in [9.17, 15) is 4.79 Å². The number of ether oxygens (including phenoxy) is 1. The lowest BCUT2D eigenvalue weighted by molar-refractivity contribution is -0.140. The zero-order valence-electron chi connectivity index (χ0n) is 16.1. The summed E-state index contributed by atoms with van der Waals surface area (Å²) < 4.78 is 12.6. The zero-order valence-corrected chi connectivity index (χ0v) is 16.1. The third-order valence-corrected chi connectivity index (χ3v) is 5.06. The average molecular weight is 375 g/mol. The van der Waals surface area contributed by atoms with Gasteiger partial charge in [0.2, 0.25) is 11.8 Å². The molecule has 142 valence electrons. The van der Waals surface area contributed by atoms with Gasteiger partial charge >= 0.3 is 5.97 Å². The van der Waals surface area contributed by atoms with Gasteiger partial charge in [0.1, 0.15) is 6.42 Å². The molecule has 0 saturated heterocycles. The van der Waals surface area contributed by atoms with E-state index in [0.717, 1.165) is 23.0 Å². The van der Waals surface area contributed by atoms with Crippen molar-refractivity contribution >= 4 is 16.9 Å². The third-order valence-electron chi connectivity index (χ3n) is 5.06. The van der Waals surface area contributed by atoms with Crippen molar-refractivity contribution in [1.82, 2.24) is 14.8 Å². The maximum absolute atomic E-state index is 11.4. The predicted molar refractivity (Wildman–Crippen MR) is 106 cm³/mol. The van der Waals surface area contributed by atoms with Gasteiger partial charge in [-0.3, -0.25) is 4.79 Å². The summed E-state index contributed by atoms with van der Waals surface area (Å²) in [5.74, 6) is 0.236. The summed E-state index contributed by atoms with van der Waals surface area (Å²) in [4.78, 5) is 11.4. The molecule has 6 heteroatoms. The fourth-order valence-corrected chi connectivity index (χ4v) is 3.39. The first-order valence-corrected chi connectivity index (χ1v) is 9.09. The van der Waals surface area contributed by atoms with Crippen LogP contribution in [0.1, 0.15) is 22.7 Å². The van der Waals surface area contributed by atoms with Crippen LogP contribution in [0.3, 0.4) is 0 Å². The van der Waals surface area contributed by atoms with E-state index >= 15 is 0 Å². The molecule has 0 N–H and O–H groups in total.